The number of aryl methyl sites for hydroxylation is 1. The maximum atomic E-state index is 12.4. The number of benzene rings is 2. The Hall–Kier alpha value is -2.73. The lowest BCUT2D eigenvalue weighted by Crippen LogP contribution is -2.44. The molecule has 26 heavy (non-hydrogen) atoms. The third kappa shape index (κ3) is 4.46. The highest BCUT2D eigenvalue weighted by Gasteiger charge is 2.22. The van der Waals surface area contributed by atoms with E-state index in [9.17, 15) is 14.9 Å². The fraction of sp³-hybridized carbons (Fsp3) is 0.350. The first-order chi connectivity index (χ1) is 12.5. The van der Waals surface area contributed by atoms with Crippen molar-refractivity contribution in [1.29, 1.82) is 0 Å². The van der Waals surface area contributed by atoms with Crippen molar-refractivity contribution in [2.45, 2.75) is 32.4 Å². The van der Waals surface area contributed by atoms with Crippen molar-refractivity contribution in [3.63, 3.8) is 0 Å². The van der Waals surface area contributed by atoms with Crippen LogP contribution < -0.4 is 5.32 Å². The van der Waals surface area contributed by atoms with Gasteiger partial charge in [0.2, 0.25) is 0 Å². The summed E-state index contributed by atoms with van der Waals surface area (Å²) in [4.78, 5) is 25.3. The van der Waals surface area contributed by atoms with E-state index >= 15 is 0 Å². The Balaban J connectivity index is 1.52. The third-order valence-corrected chi connectivity index (χ3v) is 4.83. The fourth-order valence-electron chi connectivity index (χ4n) is 3.35. The zero-order chi connectivity index (χ0) is 18.5. The highest BCUT2D eigenvalue weighted by molar-refractivity contribution is 5.94. The quantitative estimate of drug-likeness (QED) is 0.661. The van der Waals surface area contributed by atoms with Crippen molar-refractivity contribution in [2.24, 2.45) is 0 Å². The van der Waals surface area contributed by atoms with E-state index in [4.69, 9.17) is 0 Å². The van der Waals surface area contributed by atoms with Crippen molar-refractivity contribution in [1.82, 2.24) is 10.2 Å². The molecule has 2 aromatic rings. The molecule has 0 bridgehead atoms. The van der Waals surface area contributed by atoms with Gasteiger partial charge in [0.05, 0.1) is 4.92 Å². The van der Waals surface area contributed by atoms with Gasteiger partial charge in [0, 0.05) is 42.9 Å². The minimum absolute atomic E-state index is 0.0378. The molecular weight excluding hydrogens is 330 g/mol. The van der Waals surface area contributed by atoms with Crippen molar-refractivity contribution in [3.8, 4) is 0 Å². The van der Waals surface area contributed by atoms with Crippen LogP contribution in [-0.2, 0) is 6.54 Å². The minimum Gasteiger partial charge on any atom is -0.349 e. The van der Waals surface area contributed by atoms with Crippen LogP contribution in [0.4, 0.5) is 5.69 Å². The summed E-state index contributed by atoms with van der Waals surface area (Å²) in [6.07, 6.45) is 1.81. The standard InChI is InChI=1S/C20H23N3O3/c1-15-13-17(7-8-19(15)23(25)26)20(24)21-18-9-11-22(12-10-18)14-16-5-3-2-4-6-16/h2-8,13,18H,9-12,14H2,1H3,(H,21,24). The van der Waals surface area contributed by atoms with Crippen LogP contribution in [0.15, 0.2) is 48.5 Å². The van der Waals surface area contributed by atoms with Gasteiger partial charge in [-0.2, -0.15) is 0 Å². The highest BCUT2D eigenvalue weighted by atomic mass is 16.6. The first kappa shape index (κ1) is 18.1. The normalized spacial score (nSPS) is 15.6. The van der Waals surface area contributed by atoms with Crippen LogP contribution in [0.2, 0.25) is 0 Å². The number of nitrogens with zero attached hydrogens (tertiary/aromatic N) is 2. The molecule has 1 saturated heterocycles. The predicted molar refractivity (Wildman–Crippen MR) is 100 cm³/mol. The van der Waals surface area contributed by atoms with Gasteiger partial charge in [-0.15, -0.1) is 0 Å². The summed E-state index contributed by atoms with van der Waals surface area (Å²) in [7, 11) is 0. The second-order valence-corrected chi connectivity index (χ2v) is 6.77. The SMILES string of the molecule is Cc1cc(C(=O)NC2CCN(Cc3ccccc3)CC2)ccc1[N+](=O)[O-]. The maximum absolute atomic E-state index is 12.4. The smallest absolute Gasteiger partial charge is 0.272 e. The fourth-order valence-corrected chi connectivity index (χ4v) is 3.35. The molecule has 1 heterocycles. The zero-order valence-corrected chi connectivity index (χ0v) is 14.9. The maximum Gasteiger partial charge on any atom is 0.272 e. The molecule has 1 aliphatic rings. The molecule has 0 saturated carbocycles. The molecule has 0 radical (unpaired) electrons. The van der Waals surface area contributed by atoms with E-state index in [1.54, 1.807) is 13.0 Å². The van der Waals surface area contributed by atoms with E-state index in [1.807, 2.05) is 6.07 Å². The topological polar surface area (TPSA) is 75.5 Å². The molecule has 0 atom stereocenters. The van der Waals surface area contributed by atoms with Gasteiger partial charge in [-0.05, 0) is 37.5 Å². The van der Waals surface area contributed by atoms with Gasteiger partial charge in [0.1, 0.15) is 0 Å². The van der Waals surface area contributed by atoms with Crippen LogP contribution in [0, 0.1) is 17.0 Å². The van der Waals surface area contributed by atoms with Gasteiger partial charge in [0.15, 0.2) is 0 Å². The molecule has 0 aromatic heterocycles. The third-order valence-electron chi connectivity index (χ3n) is 4.83. The van der Waals surface area contributed by atoms with E-state index in [0.29, 0.717) is 11.1 Å². The Morgan fingerprint density at radius 3 is 2.50 bits per heavy atom. The van der Waals surface area contributed by atoms with Crippen molar-refractivity contribution < 1.29 is 9.72 Å². The molecule has 6 nitrogen and oxygen atoms in total. The predicted octanol–water partition coefficient (Wildman–Crippen LogP) is 3.30. The summed E-state index contributed by atoms with van der Waals surface area (Å²) in [5, 5.41) is 13.9. The lowest BCUT2D eigenvalue weighted by molar-refractivity contribution is -0.385. The Labute approximate surface area is 153 Å². The number of carbonyl (C=O) groups is 1. The molecule has 1 aliphatic heterocycles. The summed E-state index contributed by atoms with van der Waals surface area (Å²) in [6.45, 7) is 4.47. The number of nitrogens with one attached hydrogen (secondary N) is 1. The Morgan fingerprint density at radius 2 is 1.88 bits per heavy atom. The zero-order valence-electron chi connectivity index (χ0n) is 14.9. The second-order valence-electron chi connectivity index (χ2n) is 6.77. The van der Waals surface area contributed by atoms with Crippen LogP contribution in [0.3, 0.4) is 0 Å². The molecule has 1 N–H and O–H groups in total. The van der Waals surface area contributed by atoms with Gasteiger partial charge in [-0.3, -0.25) is 19.8 Å². The van der Waals surface area contributed by atoms with E-state index in [-0.39, 0.29) is 17.6 Å². The van der Waals surface area contributed by atoms with E-state index < -0.39 is 4.92 Å². The number of nitro benzene ring substituents is 1. The molecular formula is C20H23N3O3. The summed E-state index contributed by atoms with van der Waals surface area (Å²) in [6, 6.07) is 15.0. The molecule has 3 rings (SSSR count). The lowest BCUT2D eigenvalue weighted by atomic mass is 10.0. The van der Waals surface area contributed by atoms with E-state index in [2.05, 4.69) is 34.5 Å². The lowest BCUT2D eigenvalue weighted by Gasteiger charge is -2.32. The molecule has 1 fully saturated rings. The van der Waals surface area contributed by atoms with Gasteiger partial charge < -0.3 is 5.32 Å². The number of nitro groups is 1. The molecule has 6 heteroatoms. The number of rotatable bonds is 5. The van der Waals surface area contributed by atoms with Gasteiger partial charge in [-0.25, -0.2) is 0 Å². The second kappa shape index (κ2) is 8.10. The highest BCUT2D eigenvalue weighted by Crippen LogP contribution is 2.19. The molecule has 1 amide bonds. The summed E-state index contributed by atoms with van der Waals surface area (Å²) in [5.41, 5.74) is 2.31. The number of likely N-dealkylation sites (tertiary alicyclic amines) is 1. The van der Waals surface area contributed by atoms with Crippen LogP contribution in [0.5, 0.6) is 0 Å². The van der Waals surface area contributed by atoms with Crippen LogP contribution >= 0.6 is 0 Å². The average molecular weight is 353 g/mol. The van der Waals surface area contributed by atoms with Crippen molar-refractivity contribution in [2.75, 3.05) is 13.1 Å². The molecule has 0 spiro atoms. The Morgan fingerprint density at radius 1 is 1.19 bits per heavy atom. The number of hydrogen-bond acceptors (Lipinski definition) is 4. The Kier molecular flexibility index (Phi) is 5.63. The summed E-state index contributed by atoms with van der Waals surface area (Å²) in [5.74, 6) is -0.162. The molecule has 2 aromatic carbocycles. The first-order valence-corrected chi connectivity index (χ1v) is 8.85. The first-order valence-electron chi connectivity index (χ1n) is 8.85. The van der Waals surface area contributed by atoms with E-state index in [1.165, 1.54) is 17.7 Å². The number of amides is 1. The van der Waals surface area contributed by atoms with Gasteiger partial charge in [0.25, 0.3) is 11.6 Å². The van der Waals surface area contributed by atoms with Crippen LogP contribution in [0.1, 0.15) is 34.3 Å². The Bertz CT molecular complexity index is 784. The number of carbonyl (C=O) groups excluding carboxylic acids is 1. The molecule has 136 valence electrons. The number of hydrogen-bond donors (Lipinski definition) is 1. The summed E-state index contributed by atoms with van der Waals surface area (Å²) >= 11 is 0. The monoisotopic (exact) mass is 353 g/mol. The van der Waals surface area contributed by atoms with Crippen LogP contribution in [-0.4, -0.2) is 34.9 Å². The molecule has 0 aliphatic carbocycles. The van der Waals surface area contributed by atoms with Crippen LogP contribution in [0.25, 0.3) is 0 Å². The minimum atomic E-state index is -0.431. The van der Waals surface area contributed by atoms with Gasteiger partial charge in [-0.1, -0.05) is 30.3 Å². The van der Waals surface area contributed by atoms with E-state index in [0.717, 1.165) is 32.5 Å². The molecule has 0 unspecified atom stereocenters. The average Bonchev–Trinajstić information content (AvgIpc) is 2.64. The van der Waals surface area contributed by atoms with Crippen molar-refractivity contribution in [3.05, 3.63) is 75.3 Å². The summed E-state index contributed by atoms with van der Waals surface area (Å²) < 4.78 is 0. The number of piperidine rings is 1. The van der Waals surface area contributed by atoms with Crippen molar-refractivity contribution >= 4 is 11.6 Å². The van der Waals surface area contributed by atoms with Gasteiger partial charge >= 0.3 is 0 Å². The largest absolute Gasteiger partial charge is 0.349 e.